The van der Waals surface area contributed by atoms with Crippen LogP contribution in [0.5, 0.6) is 11.5 Å². The number of ether oxygens (including phenoxy) is 2. The molecule has 7 nitrogen and oxygen atoms in total. The molecule has 150 valence electrons. The third-order valence-corrected chi connectivity index (χ3v) is 5.48. The lowest BCUT2D eigenvalue weighted by atomic mass is 10.1. The normalized spacial score (nSPS) is 15.9. The van der Waals surface area contributed by atoms with Crippen LogP contribution < -0.4 is 14.8 Å². The number of nitrogens with one attached hydrogen (secondary N) is 1. The Bertz CT molecular complexity index is 999. The summed E-state index contributed by atoms with van der Waals surface area (Å²) in [5, 5.41) is 3.13. The van der Waals surface area contributed by atoms with Crippen LogP contribution in [0.25, 0.3) is 0 Å². The molecule has 0 bridgehead atoms. The molecular formula is C20H16Cl2N2O5. The van der Waals surface area contributed by atoms with E-state index in [1.54, 1.807) is 19.1 Å². The van der Waals surface area contributed by atoms with Crippen LogP contribution in [0.1, 0.15) is 39.2 Å². The minimum absolute atomic E-state index is 0.136. The van der Waals surface area contributed by atoms with Gasteiger partial charge in [-0.3, -0.25) is 19.3 Å². The zero-order chi connectivity index (χ0) is 20.7. The van der Waals surface area contributed by atoms with E-state index in [0.717, 1.165) is 10.5 Å². The fourth-order valence-corrected chi connectivity index (χ4v) is 3.60. The summed E-state index contributed by atoms with van der Waals surface area (Å²) in [7, 11) is 0. The van der Waals surface area contributed by atoms with Gasteiger partial charge in [0.25, 0.3) is 11.8 Å². The lowest BCUT2D eigenvalue weighted by molar-refractivity contribution is -0.122. The molecule has 0 aliphatic carbocycles. The number of nitrogens with zero attached hydrogens (tertiary/aromatic N) is 1. The summed E-state index contributed by atoms with van der Waals surface area (Å²) in [6.45, 7) is 2.35. The molecule has 0 spiro atoms. The fourth-order valence-electron chi connectivity index (χ4n) is 3.27. The van der Waals surface area contributed by atoms with Gasteiger partial charge in [0.2, 0.25) is 5.91 Å². The van der Waals surface area contributed by atoms with E-state index in [0.29, 0.717) is 24.7 Å². The van der Waals surface area contributed by atoms with E-state index in [1.807, 2.05) is 6.07 Å². The smallest absolute Gasteiger partial charge is 0.262 e. The molecule has 0 saturated carbocycles. The van der Waals surface area contributed by atoms with Crippen molar-refractivity contribution in [2.45, 2.75) is 13.0 Å². The molecule has 2 aliphatic heterocycles. The average molecular weight is 435 g/mol. The molecule has 2 aliphatic rings. The lowest BCUT2D eigenvalue weighted by Gasteiger charge is -2.21. The highest BCUT2D eigenvalue weighted by atomic mass is 35.5. The molecule has 2 aromatic rings. The molecule has 0 saturated heterocycles. The minimum atomic E-state index is -0.578. The van der Waals surface area contributed by atoms with E-state index in [9.17, 15) is 14.4 Å². The first-order valence-electron chi connectivity index (χ1n) is 8.89. The number of halogens is 2. The zero-order valence-electron chi connectivity index (χ0n) is 15.3. The summed E-state index contributed by atoms with van der Waals surface area (Å²) >= 11 is 11.9. The van der Waals surface area contributed by atoms with E-state index in [4.69, 9.17) is 32.7 Å². The molecule has 3 amide bonds. The number of amides is 3. The quantitative estimate of drug-likeness (QED) is 0.746. The van der Waals surface area contributed by atoms with Gasteiger partial charge in [-0.05, 0) is 36.8 Å². The molecule has 0 radical (unpaired) electrons. The second-order valence-electron chi connectivity index (χ2n) is 6.70. The third-order valence-electron chi connectivity index (χ3n) is 4.76. The van der Waals surface area contributed by atoms with Crippen molar-refractivity contribution in [3.8, 4) is 11.5 Å². The Morgan fingerprint density at radius 3 is 2.24 bits per heavy atom. The number of rotatable bonds is 4. The van der Waals surface area contributed by atoms with E-state index in [2.05, 4.69) is 5.32 Å². The van der Waals surface area contributed by atoms with Gasteiger partial charge in [-0.25, -0.2) is 0 Å². The number of benzene rings is 2. The van der Waals surface area contributed by atoms with Crippen LogP contribution in [0.15, 0.2) is 30.3 Å². The third kappa shape index (κ3) is 3.63. The Morgan fingerprint density at radius 2 is 1.62 bits per heavy atom. The van der Waals surface area contributed by atoms with Crippen LogP contribution in [0.3, 0.4) is 0 Å². The van der Waals surface area contributed by atoms with Gasteiger partial charge in [0.15, 0.2) is 11.5 Å². The van der Waals surface area contributed by atoms with Crippen molar-refractivity contribution in [3.05, 3.63) is 57.1 Å². The molecule has 29 heavy (non-hydrogen) atoms. The van der Waals surface area contributed by atoms with Gasteiger partial charge in [-0.15, -0.1) is 0 Å². The van der Waals surface area contributed by atoms with Crippen LogP contribution in [0.2, 0.25) is 10.0 Å². The molecule has 1 N–H and O–H groups in total. The molecular weight excluding hydrogens is 419 g/mol. The highest BCUT2D eigenvalue weighted by Gasteiger charge is 2.37. The number of carbonyl (C=O) groups excluding carboxylic acids is 3. The number of hydrogen-bond donors (Lipinski definition) is 1. The monoisotopic (exact) mass is 434 g/mol. The Hall–Kier alpha value is -2.77. The van der Waals surface area contributed by atoms with Crippen molar-refractivity contribution in [3.63, 3.8) is 0 Å². The van der Waals surface area contributed by atoms with E-state index < -0.39 is 24.3 Å². The van der Waals surface area contributed by atoms with Gasteiger partial charge in [-0.1, -0.05) is 29.3 Å². The Balaban J connectivity index is 1.45. The Labute approximate surface area is 176 Å². The van der Waals surface area contributed by atoms with Gasteiger partial charge in [0, 0.05) is 0 Å². The molecule has 4 rings (SSSR count). The van der Waals surface area contributed by atoms with Crippen molar-refractivity contribution in [2.75, 3.05) is 19.8 Å². The Kier molecular flexibility index (Phi) is 5.10. The predicted molar refractivity (Wildman–Crippen MR) is 106 cm³/mol. The molecule has 1 atom stereocenters. The van der Waals surface area contributed by atoms with Gasteiger partial charge in [-0.2, -0.15) is 0 Å². The maximum Gasteiger partial charge on any atom is 0.262 e. The summed E-state index contributed by atoms with van der Waals surface area (Å²) in [5.41, 5.74) is 1.08. The number of fused-ring (bicyclic) bond motifs is 2. The topological polar surface area (TPSA) is 84.9 Å². The maximum atomic E-state index is 12.5. The van der Waals surface area contributed by atoms with Crippen molar-refractivity contribution in [1.29, 1.82) is 0 Å². The fraction of sp³-hybridized carbons (Fsp3) is 0.250. The number of imide groups is 1. The van der Waals surface area contributed by atoms with Crippen LogP contribution in [-0.2, 0) is 4.79 Å². The largest absolute Gasteiger partial charge is 0.486 e. The molecule has 9 heteroatoms. The second-order valence-corrected chi connectivity index (χ2v) is 7.52. The van der Waals surface area contributed by atoms with E-state index in [-0.39, 0.29) is 27.2 Å². The van der Waals surface area contributed by atoms with Crippen molar-refractivity contribution >= 4 is 40.9 Å². The SMILES string of the molecule is CC(NC(=O)CN1C(=O)c2cc(Cl)c(Cl)cc2C1=O)c1ccc2c(c1)OCCO2. The van der Waals surface area contributed by atoms with E-state index >= 15 is 0 Å². The summed E-state index contributed by atoms with van der Waals surface area (Å²) in [4.78, 5) is 38.4. The zero-order valence-corrected chi connectivity index (χ0v) is 16.8. The highest BCUT2D eigenvalue weighted by molar-refractivity contribution is 6.43. The van der Waals surface area contributed by atoms with Crippen LogP contribution in [0, 0.1) is 0 Å². The standard InChI is InChI=1S/C20H16Cl2N2O5/c1-10(11-2-3-16-17(6-11)29-5-4-28-16)23-18(25)9-24-19(26)12-7-14(21)15(22)8-13(12)20(24)27/h2-3,6-8,10H,4-5,9H2,1H3,(H,23,25). The first kappa shape index (κ1) is 19.5. The molecule has 0 aromatic heterocycles. The molecule has 2 heterocycles. The summed E-state index contributed by atoms with van der Waals surface area (Å²) in [5.74, 6) is -0.360. The highest BCUT2D eigenvalue weighted by Crippen LogP contribution is 2.33. The molecule has 0 fully saturated rings. The first-order valence-corrected chi connectivity index (χ1v) is 9.65. The Morgan fingerprint density at radius 1 is 1.03 bits per heavy atom. The van der Waals surface area contributed by atoms with Gasteiger partial charge in [0.1, 0.15) is 19.8 Å². The second kappa shape index (κ2) is 7.57. The average Bonchev–Trinajstić information content (AvgIpc) is 2.92. The van der Waals surface area contributed by atoms with Crippen LogP contribution in [-0.4, -0.2) is 42.4 Å². The van der Waals surface area contributed by atoms with Crippen molar-refractivity contribution < 1.29 is 23.9 Å². The van der Waals surface area contributed by atoms with E-state index in [1.165, 1.54) is 12.1 Å². The summed E-state index contributed by atoms with van der Waals surface area (Å²) in [6, 6.07) is 7.72. The van der Waals surface area contributed by atoms with Crippen LogP contribution in [0.4, 0.5) is 0 Å². The first-order chi connectivity index (χ1) is 13.8. The predicted octanol–water partition coefficient (Wildman–Crippen LogP) is 3.24. The van der Waals surface area contributed by atoms with Gasteiger partial charge >= 0.3 is 0 Å². The van der Waals surface area contributed by atoms with Gasteiger partial charge < -0.3 is 14.8 Å². The number of hydrogen-bond acceptors (Lipinski definition) is 5. The lowest BCUT2D eigenvalue weighted by Crippen LogP contribution is -2.41. The molecule has 1 unspecified atom stereocenters. The van der Waals surface area contributed by atoms with Crippen molar-refractivity contribution in [1.82, 2.24) is 10.2 Å². The van der Waals surface area contributed by atoms with Crippen molar-refractivity contribution in [2.24, 2.45) is 0 Å². The molecule has 2 aromatic carbocycles. The summed E-state index contributed by atoms with van der Waals surface area (Å²) in [6.07, 6.45) is 0. The summed E-state index contributed by atoms with van der Waals surface area (Å²) < 4.78 is 11.0. The maximum absolute atomic E-state index is 12.5. The number of carbonyl (C=O) groups is 3. The van der Waals surface area contributed by atoms with Crippen LogP contribution >= 0.6 is 23.2 Å². The van der Waals surface area contributed by atoms with Gasteiger partial charge in [0.05, 0.1) is 27.2 Å². The minimum Gasteiger partial charge on any atom is -0.486 e.